The van der Waals surface area contributed by atoms with E-state index in [0.717, 1.165) is 25.0 Å². The zero-order valence-corrected chi connectivity index (χ0v) is 19.0. The van der Waals surface area contributed by atoms with Crippen molar-refractivity contribution in [2.24, 2.45) is 0 Å². The average Bonchev–Trinajstić information content (AvgIpc) is 3.38. The van der Waals surface area contributed by atoms with Gasteiger partial charge in [0.1, 0.15) is 18.1 Å². The second-order valence-corrected chi connectivity index (χ2v) is 8.01. The van der Waals surface area contributed by atoms with Crippen molar-refractivity contribution in [3.05, 3.63) is 83.9 Å². The number of hydrogen-bond donors (Lipinski definition) is 1. The number of hydrogen-bond acceptors (Lipinski definition) is 6. The van der Waals surface area contributed by atoms with Crippen LogP contribution in [0.5, 0.6) is 17.2 Å². The summed E-state index contributed by atoms with van der Waals surface area (Å²) in [5.74, 6) is 0.733. The molecule has 1 fully saturated rings. The van der Waals surface area contributed by atoms with Crippen LogP contribution < -0.4 is 14.8 Å². The first-order valence-electron chi connectivity index (χ1n) is 11.2. The van der Waals surface area contributed by atoms with Crippen LogP contribution in [0.2, 0.25) is 0 Å². The lowest BCUT2D eigenvalue weighted by Gasteiger charge is -2.13. The van der Waals surface area contributed by atoms with Crippen LogP contribution in [-0.4, -0.2) is 37.8 Å². The van der Waals surface area contributed by atoms with Crippen LogP contribution >= 0.6 is 0 Å². The molecule has 3 aromatic carbocycles. The summed E-state index contributed by atoms with van der Waals surface area (Å²) >= 11 is 0. The van der Waals surface area contributed by atoms with Crippen molar-refractivity contribution in [1.29, 1.82) is 0 Å². The molecule has 0 aromatic heterocycles. The van der Waals surface area contributed by atoms with E-state index in [4.69, 9.17) is 18.9 Å². The summed E-state index contributed by atoms with van der Waals surface area (Å²) < 4.78 is 22.3. The lowest BCUT2D eigenvalue weighted by Crippen LogP contribution is -2.21. The van der Waals surface area contributed by atoms with E-state index < -0.39 is 18.5 Å². The van der Waals surface area contributed by atoms with Gasteiger partial charge in [0, 0.05) is 6.61 Å². The van der Waals surface area contributed by atoms with Crippen LogP contribution in [0.3, 0.4) is 0 Å². The Kier molecular flexibility index (Phi) is 7.78. The maximum atomic E-state index is 12.4. The lowest BCUT2D eigenvalue weighted by molar-refractivity contribution is -0.119. The van der Waals surface area contributed by atoms with Gasteiger partial charge in [-0.25, -0.2) is 4.79 Å². The first kappa shape index (κ1) is 23.3. The molecule has 1 amide bonds. The molecule has 1 aliphatic heterocycles. The Morgan fingerprint density at radius 2 is 1.71 bits per heavy atom. The van der Waals surface area contributed by atoms with Gasteiger partial charge in [0.25, 0.3) is 5.91 Å². The van der Waals surface area contributed by atoms with E-state index in [1.807, 2.05) is 37.3 Å². The monoisotopic (exact) mass is 461 g/mol. The van der Waals surface area contributed by atoms with Gasteiger partial charge in [-0.3, -0.25) is 4.79 Å². The molecule has 34 heavy (non-hydrogen) atoms. The average molecular weight is 462 g/mol. The molecule has 0 aliphatic carbocycles. The summed E-state index contributed by atoms with van der Waals surface area (Å²) in [5.41, 5.74) is 1.94. The van der Waals surface area contributed by atoms with Crippen LogP contribution in [0.4, 0.5) is 5.69 Å². The van der Waals surface area contributed by atoms with Gasteiger partial charge >= 0.3 is 5.97 Å². The predicted octanol–water partition coefficient (Wildman–Crippen LogP) is 5.14. The largest absolute Gasteiger partial charge is 0.491 e. The molecule has 0 saturated carbocycles. The molecule has 3 aromatic rings. The molecule has 0 radical (unpaired) electrons. The fraction of sp³-hybridized carbons (Fsp3) is 0.259. The third-order valence-electron chi connectivity index (χ3n) is 5.29. The molecular formula is C27H27NO6. The number of benzene rings is 3. The molecule has 1 aliphatic rings. The number of carbonyl (C=O) groups excluding carboxylic acids is 2. The molecule has 7 heteroatoms. The highest BCUT2D eigenvalue weighted by Crippen LogP contribution is 2.29. The molecule has 1 heterocycles. The van der Waals surface area contributed by atoms with E-state index in [-0.39, 0.29) is 6.10 Å². The number of carbonyl (C=O) groups is 2. The Morgan fingerprint density at radius 3 is 2.44 bits per heavy atom. The molecule has 1 unspecified atom stereocenters. The third-order valence-corrected chi connectivity index (χ3v) is 5.29. The fourth-order valence-corrected chi connectivity index (χ4v) is 3.45. The number of esters is 1. The van der Waals surface area contributed by atoms with Crippen molar-refractivity contribution in [3.8, 4) is 17.2 Å². The van der Waals surface area contributed by atoms with E-state index in [1.54, 1.807) is 42.5 Å². The van der Waals surface area contributed by atoms with Crippen LogP contribution in [0.15, 0.2) is 72.8 Å². The topological polar surface area (TPSA) is 83.1 Å². The van der Waals surface area contributed by atoms with Gasteiger partial charge in [-0.05, 0) is 68.3 Å². The molecule has 7 nitrogen and oxygen atoms in total. The molecule has 176 valence electrons. The minimum atomic E-state index is -0.593. The predicted molar refractivity (Wildman–Crippen MR) is 128 cm³/mol. The zero-order chi connectivity index (χ0) is 23.8. The van der Waals surface area contributed by atoms with E-state index in [0.29, 0.717) is 35.1 Å². The normalized spacial score (nSPS) is 14.9. The van der Waals surface area contributed by atoms with Crippen molar-refractivity contribution in [2.75, 3.05) is 25.1 Å². The smallest absolute Gasteiger partial charge is 0.338 e. The van der Waals surface area contributed by atoms with E-state index in [2.05, 4.69) is 5.32 Å². The number of aryl methyl sites for hydroxylation is 1. The molecule has 0 spiro atoms. The number of nitrogens with one attached hydrogen (secondary N) is 1. The van der Waals surface area contributed by atoms with Crippen molar-refractivity contribution < 1.29 is 28.5 Å². The van der Waals surface area contributed by atoms with E-state index >= 15 is 0 Å². The van der Waals surface area contributed by atoms with Gasteiger partial charge in [-0.1, -0.05) is 29.8 Å². The van der Waals surface area contributed by atoms with Crippen LogP contribution in [-0.2, 0) is 14.3 Å². The molecule has 1 N–H and O–H groups in total. The molecule has 1 atom stereocenters. The summed E-state index contributed by atoms with van der Waals surface area (Å²) in [6.45, 7) is 2.83. The summed E-state index contributed by atoms with van der Waals surface area (Å²) in [7, 11) is 0. The first-order chi connectivity index (χ1) is 16.6. The second kappa shape index (κ2) is 11.3. The first-order valence-corrected chi connectivity index (χ1v) is 11.2. The van der Waals surface area contributed by atoms with Crippen molar-refractivity contribution in [1.82, 2.24) is 0 Å². The van der Waals surface area contributed by atoms with Gasteiger partial charge in [-0.2, -0.15) is 0 Å². The van der Waals surface area contributed by atoms with Crippen LogP contribution in [0, 0.1) is 6.92 Å². The van der Waals surface area contributed by atoms with Crippen molar-refractivity contribution >= 4 is 17.6 Å². The summed E-state index contributed by atoms with van der Waals surface area (Å²) in [6, 6.07) is 21.3. The Balaban J connectivity index is 1.26. The number of anilines is 1. The van der Waals surface area contributed by atoms with Crippen molar-refractivity contribution in [2.45, 2.75) is 25.9 Å². The van der Waals surface area contributed by atoms with Crippen LogP contribution in [0.25, 0.3) is 0 Å². The Labute approximate surface area is 198 Å². The third kappa shape index (κ3) is 6.59. The minimum absolute atomic E-state index is 0.121. The Hall–Kier alpha value is -3.84. The van der Waals surface area contributed by atoms with Gasteiger partial charge in [0.05, 0.1) is 17.4 Å². The quantitative estimate of drug-likeness (QED) is 0.444. The standard InChI is InChI=1S/C27H27NO6/c1-19-8-12-22(13-9-19)34-25-7-3-2-6-24(25)28-26(29)18-33-27(30)20-10-14-21(15-11-20)32-17-23-5-4-16-31-23/h2-3,6-15,23H,4-5,16-18H2,1H3,(H,28,29). The van der Waals surface area contributed by atoms with Crippen molar-refractivity contribution in [3.63, 3.8) is 0 Å². The minimum Gasteiger partial charge on any atom is -0.491 e. The summed E-state index contributed by atoms with van der Waals surface area (Å²) in [4.78, 5) is 24.7. The lowest BCUT2D eigenvalue weighted by atomic mass is 10.2. The van der Waals surface area contributed by atoms with Gasteiger partial charge in [0.2, 0.25) is 0 Å². The fourth-order valence-electron chi connectivity index (χ4n) is 3.45. The highest BCUT2D eigenvalue weighted by molar-refractivity contribution is 5.96. The maximum Gasteiger partial charge on any atom is 0.338 e. The molecule has 1 saturated heterocycles. The van der Waals surface area contributed by atoms with Gasteiger partial charge in [-0.15, -0.1) is 0 Å². The van der Waals surface area contributed by atoms with Gasteiger partial charge < -0.3 is 24.3 Å². The number of ether oxygens (including phenoxy) is 4. The highest BCUT2D eigenvalue weighted by atomic mass is 16.5. The zero-order valence-electron chi connectivity index (χ0n) is 19.0. The number of amides is 1. The summed E-state index contributed by atoms with van der Waals surface area (Å²) in [6.07, 6.45) is 2.17. The van der Waals surface area contributed by atoms with E-state index in [1.165, 1.54) is 0 Å². The molecule has 4 rings (SSSR count). The molecular weight excluding hydrogens is 434 g/mol. The second-order valence-electron chi connectivity index (χ2n) is 8.01. The summed E-state index contributed by atoms with van der Waals surface area (Å²) in [5, 5.41) is 2.73. The molecule has 0 bridgehead atoms. The number of rotatable bonds is 9. The van der Waals surface area contributed by atoms with E-state index in [9.17, 15) is 9.59 Å². The maximum absolute atomic E-state index is 12.4. The Bertz CT molecular complexity index is 1100. The SMILES string of the molecule is Cc1ccc(Oc2ccccc2NC(=O)COC(=O)c2ccc(OCC3CCCO3)cc2)cc1. The number of para-hydroxylation sites is 2. The van der Waals surface area contributed by atoms with Crippen LogP contribution in [0.1, 0.15) is 28.8 Å². The Morgan fingerprint density at radius 1 is 0.971 bits per heavy atom. The van der Waals surface area contributed by atoms with Gasteiger partial charge in [0.15, 0.2) is 12.4 Å². The highest BCUT2D eigenvalue weighted by Gasteiger charge is 2.16.